The van der Waals surface area contributed by atoms with Crippen molar-refractivity contribution >= 4 is 0 Å². The topological polar surface area (TPSA) is 0 Å². The van der Waals surface area contributed by atoms with E-state index in [0.29, 0.717) is 0 Å². The first-order valence-corrected chi connectivity index (χ1v) is 26.3. The highest BCUT2D eigenvalue weighted by molar-refractivity contribution is 5.79. The molecule has 0 aliphatic heterocycles. The maximum absolute atomic E-state index is 1.94. The molecule has 48 aliphatic carbocycles. The van der Waals surface area contributed by atoms with E-state index in [0.717, 1.165) is 65.0 Å². The first kappa shape index (κ1) is 21.3. The van der Waals surface area contributed by atoms with E-state index >= 15 is 0 Å². The van der Waals surface area contributed by atoms with Crippen molar-refractivity contribution in [3.05, 3.63) is 0 Å². The van der Waals surface area contributed by atoms with Gasteiger partial charge in [0.2, 0.25) is 0 Å². The Kier molecular flexibility index (Phi) is 1.66. The highest BCUT2D eigenvalue weighted by Crippen LogP contribution is 3.36. The molecule has 22 unspecified atom stereocenters. The summed E-state index contributed by atoms with van der Waals surface area (Å²) in [6.07, 6.45) is 13.3. The van der Waals surface area contributed by atoms with Crippen LogP contribution in [0.3, 0.4) is 0 Å². The lowest BCUT2D eigenvalue weighted by Crippen LogP contribution is -3.31. The third-order valence-electron chi connectivity index (χ3n) is 38.5. The van der Waals surface area contributed by atoms with E-state index in [1.54, 1.807) is 0 Å². The van der Waals surface area contributed by atoms with Crippen LogP contribution in [-0.4, -0.2) is 0 Å². The Labute approximate surface area is 310 Å². The highest BCUT2D eigenvalue weighted by atomic mass is 15.4. The van der Waals surface area contributed by atoms with Gasteiger partial charge in [0.05, 0.1) is 0 Å². The summed E-state index contributed by atoms with van der Waals surface area (Å²) in [5.74, 6) is 45.6. The fraction of sp³-hybridized carbons (Fsp3) is 1.00. The fourth-order valence-electron chi connectivity index (χ4n) is 47.9. The zero-order chi connectivity index (χ0) is 30.6. The summed E-state index contributed by atoms with van der Waals surface area (Å²) < 4.78 is 0. The van der Waals surface area contributed by atoms with Crippen molar-refractivity contribution in [2.24, 2.45) is 266 Å². The van der Waals surface area contributed by atoms with Crippen molar-refractivity contribution < 1.29 is 0 Å². The van der Waals surface area contributed by atoms with Crippen LogP contribution in [0.4, 0.5) is 0 Å². The van der Waals surface area contributed by atoms with Gasteiger partial charge in [0.15, 0.2) is 0 Å². The van der Waals surface area contributed by atoms with Crippen molar-refractivity contribution in [2.45, 2.75) is 44.9 Å². The van der Waals surface area contributed by atoms with E-state index in [2.05, 4.69) is 0 Å². The van der Waals surface area contributed by atoms with Gasteiger partial charge in [0.1, 0.15) is 0 Å². The molecule has 0 N–H and O–H groups in total. The van der Waals surface area contributed by atoms with Crippen molar-refractivity contribution in [1.82, 2.24) is 0 Å². The molecule has 0 aromatic heterocycles. The lowest BCUT2D eigenvalue weighted by molar-refractivity contribution is -0.877. The van der Waals surface area contributed by atoms with Gasteiger partial charge in [-0.3, -0.25) is 0 Å². The van der Waals surface area contributed by atoms with Crippen molar-refractivity contribution in [3.63, 3.8) is 0 Å². The average Bonchev–Trinajstić information content (AvgIpc) is 3.15. The molecule has 0 aromatic rings. The zero-order valence-corrected chi connectivity index (χ0v) is 30.6. The summed E-state index contributed by atoms with van der Waals surface area (Å²) in [7, 11) is 0. The quantitative estimate of drug-likeness (QED) is 0.260. The van der Waals surface area contributed by atoms with Gasteiger partial charge in [-0.2, -0.15) is 0 Å². The summed E-state index contributed by atoms with van der Waals surface area (Å²) >= 11 is 0. The predicted octanol–water partition coefficient (Wildman–Crippen LogP) is 6.91. The Bertz CT molecular complexity index is 2390. The fourth-order valence-corrected chi connectivity index (χ4v) is 47.9. The number of hydrogen-bond donors (Lipinski definition) is 0. The Morgan fingerprint density at radius 2 is 0.453 bits per heavy atom. The van der Waals surface area contributed by atoms with Crippen molar-refractivity contribution in [1.29, 1.82) is 0 Å². The van der Waals surface area contributed by atoms with Gasteiger partial charge in [0.25, 0.3) is 0 Å². The number of rotatable bonds is 0. The summed E-state index contributed by atoms with van der Waals surface area (Å²) in [5, 5.41) is 0. The molecule has 48 rings (SSSR count). The van der Waals surface area contributed by atoms with Gasteiger partial charge in [-0.1, -0.05) is 0 Å². The third-order valence-corrected chi connectivity index (χ3v) is 38.5. The molecule has 0 radical (unpaired) electrons. The van der Waals surface area contributed by atoms with Crippen molar-refractivity contribution in [2.75, 3.05) is 0 Å². The molecule has 53 heavy (non-hydrogen) atoms. The van der Waals surface area contributed by atoms with Gasteiger partial charge in [-0.25, -0.2) is 0 Å². The van der Waals surface area contributed by atoms with E-state index in [4.69, 9.17) is 0 Å². The van der Waals surface area contributed by atoms with Gasteiger partial charge in [-0.15, -0.1) is 0 Å². The Hall–Kier alpha value is 0. The maximum Gasteiger partial charge on any atom is -0.00207 e. The van der Waals surface area contributed by atoms with Crippen LogP contribution in [0.1, 0.15) is 44.9 Å². The lowest BCUT2D eigenvalue weighted by Gasteiger charge is -3.33. The maximum atomic E-state index is 1.94. The van der Waals surface area contributed by atoms with Crippen LogP contribution in [0.15, 0.2) is 0 Å². The van der Waals surface area contributed by atoms with Crippen molar-refractivity contribution in [3.8, 4) is 0 Å². The SMILES string of the molecule is C1C2[C@@H]3[C@H]4[C@@H]5C[C@H]6C7[C@H]8C[C@@H]9[C@H]%10[C@H]2C2%11C%12[C@H]9C9%13C%14C%15%16CC([C@H]89)[C@H]6C68C%15C9%15[C@@H]%17C([C@@H]56)C35[C@H]3C1[C@@H]2[C@H]1[C@@H]2C[C@H]6C%18[C@H]%19C[C@@H]%17[C@@H]3C%181C9(C%14([C@@H]%122)[C@H]6C(C%16)[C@@H]%19%15)C%115C%138C74%10. The highest BCUT2D eigenvalue weighted by Gasteiger charge is 3.34. The third kappa shape index (κ3) is 0.796. The molecule has 0 amide bonds. The summed E-state index contributed by atoms with van der Waals surface area (Å²) in [6.45, 7) is 0. The van der Waals surface area contributed by atoms with Crippen LogP contribution in [-0.2, 0) is 0 Å². The normalized spacial score (nSPS) is 116. The molecule has 0 heterocycles. The van der Waals surface area contributed by atoms with E-state index in [1.807, 2.05) is 44.9 Å². The van der Waals surface area contributed by atoms with E-state index in [9.17, 15) is 0 Å². The molecule has 0 heteroatoms. The summed E-state index contributed by atoms with van der Waals surface area (Å²) in [6, 6.07) is 0. The first-order chi connectivity index (χ1) is 26.3. The predicted molar refractivity (Wildman–Crippen MR) is 180 cm³/mol. The minimum atomic E-state index is 0.936. The minimum absolute atomic E-state index is 0.936. The Morgan fingerprint density at radius 1 is 0.208 bits per heavy atom. The largest absolute Gasteiger partial charge is 0.0464 e. The van der Waals surface area contributed by atoms with Gasteiger partial charge in [-0.05, 0) is 311 Å². The molecule has 48 aliphatic rings. The molecule has 48 fully saturated rings. The zero-order valence-electron chi connectivity index (χ0n) is 30.6. The molecule has 46 atom stereocenters. The Morgan fingerprint density at radius 3 is 0.774 bits per heavy atom. The van der Waals surface area contributed by atoms with Gasteiger partial charge in [0, 0.05) is 0 Å². The van der Waals surface area contributed by atoms with Crippen LogP contribution >= 0.6 is 0 Å². The summed E-state index contributed by atoms with van der Waals surface area (Å²) in [4.78, 5) is 0. The van der Waals surface area contributed by atoms with Crippen LogP contribution in [0.2, 0.25) is 0 Å². The molecule has 46 bridgehead atoms. The van der Waals surface area contributed by atoms with Gasteiger partial charge < -0.3 is 0 Å². The Balaban J connectivity index is 1.04. The van der Waals surface area contributed by atoms with E-state index < -0.39 is 0 Å². The minimum Gasteiger partial charge on any atom is -0.0464 e. The van der Waals surface area contributed by atoms with E-state index in [1.165, 1.54) is 201 Å². The molecule has 48 saturated carbocycles. The second kappa shape index (κ2) is 4.13. The average molecular weight is 685 g/mol. The molecule has 0 nitrogen and oxygen atoms in total. The smallest absolute Gasteiger partial charge is 0.00207 e. The van der Waals surface area contributed by atoms with Crippen LogP contribution in [0.5, 0.6) is 0 Å². The summed E-state index contributed by atoms with van der Waals surface area (Å²) in [5.41, 5.74) is 11.9. The van der Waals surface area contributed by atoms with E-state index in [-0.39, 0.29) is 0 Å². The molecule has 12 spiro atoms. The molecular weight excluding hydrogens is 637 g/mol. The molecule has 260 valence electrons. The molecule has 0 saturated heterocycles. The standard InChI is InChI=1S/C53H48/c1-8-20-9-2-15-27-31-12-5-13-32-28-16-3-10-21-11-4-17-29-33(13)46(31)39-36(15)48-23(9)18-6-42-7-19-24(10)49-35(16)38-34-14(1)26-30(12)45(32,38)53(46,51(48,43(20,26)27)47(34,22(8)18)40(42)49)52(49,44(21,28)29)50(25(11)19,37(17)39)41(42)48/h8-41H,1-7H2/t8-,9+,10+,11-,12?,13?,14-,15+,16+,17-,18?,19?,20?,21?,22-,23-,24+,25+,26+,27-,28-,29+,30+,31-,32-,33+,34+,35-,36-,37+,38?,39?,40?,41?,42?,43?,44?,45?,46?,47?,48?,49?,50?,51?,52?,53?. The van der Waals surface area contributed by atoms with Crippen LogP contribution < -0.4 is 0 Å². The van der Waals surface area contributed by atoms with Gasteiger partial charge >= 0.3 is 0 Å². The monoisotopic (exact) mass is 684 g/mol. The van der Waals surface area contributed by atoms with Crippen LogP contribution in [0.25, 0.3) is 0 Å². The second-order valence-electron chi connectivity index (χ2n) is 31.9. The lowest BCUT2D eigenvalue weighted by atomic mass is 8.70. The second-order valence-corrected chi connectivity index (χ2v) is 31.9. The number of hydrogen-bond acceptors (Lipinski definition) is 0. The van der Waals surface area contributed by atoms with Crippen LogP contribution in [0, 0.1) is 266 Å². The first-order valence-electron chi connectivity index (χ1n) is 26.3. The molecular formula is C53H48. The molecule has 0 aromatic carbocycles.